The molecule has 11 nitrogen and oxygen atoms in total. The second-order valence-corrected chi connectivity index (χ2v) is 12.1. The van der Waals surface area contributed by atoms with Gasteiger partial charge >= 0.3 is 5.51 Å². The molecule has 1 aromatic carbocycles. The lowest BCUT2D eigenvalue weighted by atomic mass is 10.3. The van der Waals surface area contributed by atoms with Crippen LogP contribution in [0.5, 0.6) is 0 Å². The van der Waals surface area contributed by atoms with Gasteiger partial charge in [-0.1, -0.05) is 22.7 Å². The Bertz CT molecular complexity index is 1410. The highest BCUT2D eigenvalue weighted by atomic mass is 32.2. The van der Waals surface area contributed by atoms with Crippen LogP contribution in [0.1, 0.15) is 0 Å². The Morgan fingerprint density at radius 2 is 1.42 bits per heavy atom. The van der Waals surface area contributed by atoms with E-state index in [1.54, 1.807) is 0 Å². The molecule has 0 unspecified atom stereocenters. The highest BCUT2D eigenvalue weighted by Crippen LogP contribution is 2.46. The van der Waals surface area contributed by atoms with Crippen LogP contribution in [0.3, 0.4) is 0 Å². The second-order valence-electron chi connectivity index (χ2n) is 8.20. The Hall–Kier alpha value is -2.86. The van der Waals surface area contributed by atoms with Crippen LogP contribution in [-0.2, 0) is 19.3 Å². The number of halogens is 3. The fraction of sp³-hybridized carbons (Fsp3) is 0.429. The normalized spacial score (nSPS) is 17.4. The molecule has 2 fully saturated rings. The van der Waals surface area contributed by atoms with Gasteiger partial charge < -0.3 is 25.0 Å². The summed E-state index contributed by atoms with van der Waals surface area (Å²) in [5.41, 5.74) is 1.56. The monoisotopic (exact) mass is 589 g/mol. The minimum Gasteiger partial charge on any atom is -0.382 e. The molecule has 2 aromatic heterocycles. The molecule has 2 aliphatic rings. The summed E-state index contributed by atoms with van der Waals surface area (Å²) in [6, 6.07) is 4.01. The smallest absolute Gasteiger partial charge is 0.382 e. The molecule has 0 amide bonds. The van der Waals surface area contributed by atoms with E-state index in [4.69, 9.17) is 20.2 Å². The molecule has 17 heteroatoms. The molecule has 204 valence electrons. The number of nitrogen functional groups attached to an aromatic ring is 1. The summed E-state index contributed by atoms with van der Waals surface area (Å²) in [5, 5.41) is 10.3. The molecule has 2 saturated heterocycles. The minimum absolute atomic E-state index is 0.171. The average Bonchev–Trinajstić information content (AvgIpc) is 3.51. The summed E-state index contributed by atoms with van der Waals surface area (Å²) in [7, 11) is -5.45. The maximum atomic E-state index is 12.8. The number of hydrogen-bond donors (Lipinski definition) is 1. The van der Waals surface area contributed by atoms with Gasteiger partial charge in [-0.3, -0.25) is 0 Å². The third kappa shape index (κ3) is 5.47. The molecule has 0 atom stereocenters. The number of rotatable bonds is 6. The Morgan fingerprint density at radius 1 is 0.868 bits per heavy atom. The zero-order valence-electron chi connectivity index (χ0n) is 19.7. The fourth-order valence-corrected chi connectivity index (χ4v) is 6.52. The van der Waals surface area contributed by atoms with Crippen LogP contribution in [0.25, 0.3) is 10.6 Å². The molecule has 0 aliphatic carbocycles. The molecule has 5 rings (SSSR count). The van der Waals surface area contributed by atoms with Gasteiger partial charge in [0.1, 0.15) is 16.4 Å². The van der Waals surface area contributed by atoms with Crippen molar-refractivity contribution < 1.29 is 31.1 Å². The lowest BCUT2D eigenvalue weighted by Gasteiger charge is -2.26. The van der Waals surface area contributed by atoms with Crippen LogP contribution in [0, 0.1) is 0 Å². The molecule has 0 saturated carbocycles. The standard InChI is InChI=1S/C21H22F3N7O4S3/c22-21(23,24)38(32,33)14-3-1-13(2-4-14)28-29-18-15(26-19(37-18)30-5-9-34-10-6-30)16-17(25)27-20(36-16)31-7-11-35-12-8-31/h1-4H,5-12,25H2. The summed E-state index contributed by atoms with van der Waals surface area (Å²) >= 11 is 2.67. The van der Waals surface area contributed by atoms with Gasteiger partial charge in [-0.15, -0.1) is 10.2 Å². The van der Waals surface area contributed by atoms with Crippen LogP contribution < -0.4 is 15.5 Å². The number of morpholine rings is 2. The first-order chi connectivity index (χ1) is 18.1. The summed E-state index contributed by atoms with van der Waals surface area (Å²) in [5.74, 6) is 0.300. The summed E-state index contributed by atoms with van der Waals surface area (Å²) in [6.45, 7) is 4.98. The number of sulfone groups is 1. The predicted octanol–water partition coefficient (Wildman–Crippen LogP) is 4.23. The van der Waals surface area contributed by atoms with Crippen molar-refractivity contribution in [2.75, 3.05) is 68.1 Å². The Morgan fingerprint density at radius 3 is 1.97 bits per heavy atom. The average molecular weight is 590 g/mol. The van der Waals surface area contributed by atoms with Crippen LogP contribution >= 0.6 is 22.7 Å². The van der Waals surface area contributed by atoms with Gasteiger partial charge in [0.2, 0.25) is 0 Å². The van der Waals surface area contributed by atoms with Crippen molar-refractivity contribution in [1.82, 2.24) is 9.97 Å². The van der Waals surface area contributed by atoms with Crippen molar-refractivity contribution in [3.05, 3.63) is 24.3 Å². The number of aromatic nitrogens is 2. The molecular formula is C21H22F3N7O4S3. The van der Waals surface area contributed by atoms with Crippen molar-refractivity contribution in [2.24, 2.45) is 10.2 Å². The molecule has 0 spiro atoms. The van der Waals surface area contributed by atoms with Gasteiger partial charge in [-0.25, -0.2) is 18.4 Å². The number of alkyl halides is 3. The molecule has 4 heterocycles. The number of anilines is 3. The molecule has 0 radical (unpaired) electrons. The summed E-state index contributed by atoms with van der Waals surface area (Å²) < 4.78 is 72.6. The quantitative estimate of drug-likeness (QED) is 0.419. The number of hydrogen-bond acceptors (Lipinski definition) is 13. The highest BCUT2D eigenvalue weighted by Gasteiger charge is 2.46. The predicted molar refractivity (Wildman–Crippen MR) is 138 cm³/mol. The highest BCUT2D eigenvalue weighted by molar-refractivity contribution is 7.92. The van der Waals surface area contributed by atoms with Crippen LogP contribution in [0.2, 0.25) is 0 Å². The van der Waals surface area contributed by atoms with E-state index in [1.807, 2.05) is 0 Å². The lowest BCUT2D eigenvalue weighted by Crippen LogP contribution is -2.36. The number of azo groups is 1. The van der Waals surface area contributed by atoms with Crippen molar-refractivity contribution >= 4 is 59.3 Å². The zero-order chi connectivity index (χ0) is 26.9. The van der Waals surface area contributed by atoms with E-state index in [0.717, 1.165) is 29.4 Å². The topological polar surface area (TPSA) is 136 Å². The van der Waals surface area contributed by atoms with Gasteiger partial charge in [-0.05, 0) is 24.3 Å². The number of thiazole rings is 2. The molecule has 2 N–H and O–H groups in total. The van der Waals surface area contributed by atoms with E-state index in [0.29, 0.717) is 79.1 Å². The Labute approximate surface area is 223 Å². The van der Waals surface area contributed by atoms with Gasteiger partial charge in [-0.2, -0.15) is 13.2 Å². The van der Waals surface area contributed by atoms with Gasteiger partial charge in [0.05, 0.1) is 37.0 Å². The molecule has 0 bridgehead atoms. The molecule has 38 heavy (non-hydrogen) atoms. The van der Waals surface area contributed by atoms with Gasteiger partial charge in [0, 0.05) is 26.2 Å². The van der Waals surface area contributed by atoms with E-state index >= 15 is 0 Å². The third-order valence-corrected chi connectivity index (χ3v) is 9.37. The van der Waals surface area contributed by atoms with E-state index in [1.165, 1.54) is 22.7 Å². The van der Waals surface area contributed by atoms with Crippen LogP contribution in [0.4, 0.5) is 39.9 Å². The summed E-state index contributed by atoms with van der Waals surface area (Å²) in [6.07, 6.45) is 0. The fourth-order valence-electron chi connectivity index (χ4n) is 3.72. The first kappa shape index (κ1) is 26.7. The van der Waals surface area contributed by atoms with Gasteiger partial charge in [0.15, 0.2) is 15.3 Å². The molecule has 3 aromatic rings. The van der Waals surface area contributed by atoms with Crippen molar-refractivity contribution in [3.63, 3.8) is 0 Å². The number of nitrogens with zero attached hydrogens (tertiary/aromatic N) is 6. The van der Waals surface area contributed by atoms with Crippen molar-refractivity contribution in [1.29, 1.82) is 0 Å². The Balaban J connectivity index is 1.47. The van der Waals surface area contributed by atoms with E-state index in [9.17, 15) is 21.6 Å². The number of nitrogens with two attached hydrogens (primary N) is 1. The lowest BCUT2D eigenvalue weighted by molar-refractivity contribution is -0.0436. The van der Waals surface area contributed by atoms with Crippen LogP contribution in [0.15, 0.2) is 39.4 Å². The van der Waals surface area contributed by atoms with E-state index in [2.05, 4.69) is 25.0 Å². The first-order valence-electron chi connectivity index (χ1n) is 11.4. The number of ether oxygens (including phenoxy) is 2. The Kier molecular flexibility index (Phi) is 7.54. The summed E-state index contributed by atoms with van der Waals surface area (Å²) in [4.78, 5) is 13.2. The SMILES string of the molecule is Nc1nc(N2CCOCC2)sc1-c1nc(N2CCOCC2)sc1N=Nc1ccc(S(=O)(=O)C(F)(F)F)cc1. The molecule has 2 aliphatic heterocycles. The van der Waals surface area contributed by atoms with Crippen molar-refractivity contribution in [2.45, 2.75) is 10.4 Å². The van der Waals surface area contributed by atoms with Crippen molar-refractivity contribution in [3.8, 4) is 10.6 Å². The van der Waals surface area contributed by atoms with Crippen LogP contribution in [-0.4, -0.2) is 76.5 Å². The largest absolute Gasteiger partial charge is 0.501 e. The molecular weight excluding hydrogens is 567 g/mol. The van der Waals surface area contributed by atoms with Gasteiger partial charge in [0.25, 0.3) is 9.84 Å². The third-order valence-electron chi connectivity index (χ3n) is 5.73. The first-order valence-corrected chi connectivity index (χ1v) is 14.5. The maximum Gasteiger partial charge on any atom is 0.501 e. The van der Waals surface area contributed by atoms with E-state index in [-0.39, 0.29) is 5.69 Å². The zero-order valence-corrected chi connectivity index (χ0v) is 22.2. The number of benzene rings is 1. The maximum absolute atomic E-state index is 12.8. The van der Waals surface area contributed by atoms with E-state index < -0.39 is 20.2 Å². The minimum atomic E-state index is -5.45. The second kappa shape index (κ2) is 10.7.